The van der Waals surface area contributed by atoms with Gasteiger partial charge >= 0.3 is 0 Å². The molecule has 2 heterocycles. The fourth-order valence-electron chi connectivity index (χ4n) is 5.04. The summed E-state index contributed by atoms with van der Waals surface area (Å²) < 4.78 is 33.7. The number of carbonyl (C=O) groups excluding carboxylic acids is 1. The minimum Gasteiger partial charge on any atom is -0.472 e. The standard InChI is InChI=1S/C20H25NO5S2/c1-18(2)14-5-7-19(18,16(22)10-14)13-28(24,25)21-12-20(23,15-6-8-26-11-15)17-4-3-9-27-17/h3-4,6,8-9,11,14,21,23H,5,7,10,12-13H2,1-2H3. The number of rotatable bonds is 7. The summed E-state index contributed by atoms with van der Waals surface area (Å²) in [5.41, 5.74) is -2.21. The molecule has 3 atom stereocenters. The minimum atomic E-state index is -3.78. The number of nitrogens with one attached hydrogen (secondary N) is 1. The van der Waals surface area contributed by atoms with Crippen molar-refractivity contribution < 1.29 is 22.7 Å². The molecule has 0 saturated heterocycles. The van der Waals surface area contributed by atoms with Crippen molar-refractivity contribution in [3.05, 3.63) is 46.5 Å². The Morgan fingerprint density at radius 2 is 2.18 bits per heavy atom. The first-order valence-electron chi connectivity index (χ1n) is 9.40. The maximum Gasteiger partial charge on any atom is 0.212 e. The largest absolute Gasteiger partial charge is 0.472 e. The summed E-state index contributed by atoms with van der Waals surface area (Å²) in [6.45, 7) is 3.81. The van der Waals surface area contributed by atoms with Gasteiger partial charge in [-0.1, -0.05) is 19.9 Å². The summed E-state index contributed by atoms with van der Waals surface area (Å²) in [5.74, 6) is 0.0838. The number of Topliss-reactive ketones (excluding diaryl/α,β-unsaturated/α-hetero) is 1. The number of hydrogen-bond acceptors (Lipinski definition) is 6. The molecule has 152 valence electrons. The van der Waals surface area contributed by atoms with Crippen LogP contribution < -0.4 is 4.72 Å². The van der Waals surface area contributed by atoms with Crippen molar-refractivity contribution in [3.8, 4) is 0 Å². The molecule has 3 unspecified atom stereocenters. The van der Waals surface area contributed by atoms with Crippen LogP contribution >= 0.6 is 11.3 Å². The van der Waals surface area contributed by atoms with E-state index in [2.05, 4.69) is 4.72 Å². The Hall–Kier alpha value is -1.48. The summed E-state index contributed by atoms with van der Waals surface area (Å²) in [6.07, 6.45) is 4.83. The lowest BCUT2D eigenvalue weighted by atomic mass is 9.70. The second-order valence-corrected chi connectivity index (χ2v) is 11.4. The van der Waals surface area contributed by atoms with E-state index in [1.807, 2.05) is 19.2 Å². The van der Waals surface area contributed by atoms with Crippen LogP contribution in [0.15, 0.2) is 40.5 Å². The van der Waals surface area contributed by atoms with Gasteiger partial charge in [0.25, 0.3) is 0 Å². The van der Waals surface area contributed by atoms with Crippen LogP contribution in [-0.4, -0.2) is 31.6 Å². The van der Waals surface area contributed by atoms with Crippen LogP contribution in [0.3, 0.4) is 0 Å². The van der Waals surface area contributed by atoms with Gasteiger partial charge in [-0.15, -0.1) is 11.3 Å². The average molecular weight is 424 g/mol. The first-order chi connectivity index (χ1) is 13.1. The van der Waals surface area contributed by atoms with Crippen molar-refractivity contribution >= 4 is 27.1 Å². The summed E-state index contributed by atoms with van der Waals surface area (Å²) in [6, 6.07) is 5.19. The Kier molecular flexibility index (Phi) is 4.61. The number of ketones is 1. The van der Waals surface area contributed by atoms with Gasteiger partial charge in [0, 0.05) is 28.8 Å². The van der Waals surface area contributed by atoms with Gasteiger partial charge in [-0.05, 0) is 41.7 Å². The van der Waals surface area contributed by atoms with Crippen LogP contribution in [0.4, 0.5) is 0 Å². The summed E-state index contributed by atoms with van der Waals surface area (Å²) in [5, 5.41) is 13.1. The molecule has 2 saturated carbocycles. The van der Waals surface area contributed by atoms with E-state index in [-0.39, 0.29) is 29.4 Å². The normalized spacial score (nSPS) is 28.5. The number of carbonyl (C=O) groups is 1. The third-order valence-electron chi connectivity index (χ3n) is 7.05. The number of furan rings is 1. The van der Waals surface area contributed by atoms with Gasteiger partial charge in [0.2, 0.25) is 10.0 Å². The number of hydrogen-bond donors (Lipinski definition) is 2. The SMILES string of the molecule is CC1(C)C2CCC1(CS(=O)(=O)NCC(O)(c1ccoc1)c1cccs1)C(=O)C2. The zero-order valence-corrected chi connectivity index (χ0v) is 17.6. The lowest BCUT2D eigenvalue weighted by molar-refractivity contribution is -0.128. The summed E-state index contributed by atoms with van der Waals surface area (Å²) >= 11 is 1.34. The van der Waals surface area contributed by atoms with Crippen LogP contribution in [0, 0.1) is 16.7 Å². The van der Waals surface area contributed by atoms with Crippen LogP contribution in [0.5, 0.6) is 0 Å². The van der Waals surface area contributed by atoms with E-state index in [9.17, 15) is 18.3 Å². The van der Waals surface area contributed by atoms with Crippen LogP contribution in [0.25, 0.3) is 0 Å². The number of thiophene rings is 1. The summed E-state index contributed by atoms with van der Waals surface area (Å²) in [7, 11) is -3.78. The Balaban J connectivity index is 1.57. The predicted molar refractivity (Wildman–Crippen MR) is 106 cm³/mol. The van der Waals surface area contributed by atoms with Gasteiger partial charge in [-0.25, -0.2) is 13.1 Å². The molecule has 0 aromatic carbocycles. The molecule has 2 aromatic heterocycles. The summed E-state index contributed by atoms with van der Waals surface area (Å²) in [4.78, 5) is 13.3. The third kappa shape index (κ3) is 2.89. The zero-order valence-electron chi connectivity index (χ0n) is 16.0. The molecule has 2 fully saturated rings. The van der Waals surface area contributed by atoms with E-state index in [1.54, 1.807) is 18.2 Å². The first-order valence-corrected chi connectivity index (χ1v) is 11.9. The molecule has 0 amide bonds. The molecule has 0 aliphatic heterocycles. The van der Waals surface area contributed by atoms with Gasteiger partial charge in [-0.2, -0.15) is 0 Å². The van der Waals surface area contributed by atoms with Crippen molar-refractivity contribution in [3.63, 3.8) is 0 Å². The molecular formula is C20H25NO5S2. The highest BCUT2D eigenvalue weighted by Gasteiger charge is 2.65. The molecule has 0 radical (unpaired) electrons. The van der Waals surface area contributed by atoms with E-state index < -0.39 is 21.0 Å². The van der Waals surface area contributed by atoms with E-state index in [1.165, 1.54) is 23.9 Å². The Labute approximate surface area is 169 Å². The monoisotopic (exact) mass is 423 g/mol. The van der Waals surface area contributed by atoms with Crippen molar-refractivity contribution in [2.75, 3.05) is 12.3 Å². The molecular weight excluding hydrogens is 398 g/mol. The molecule has 6 nitrogen and oxygen atoms in total. The second-order valence-electron chi connectivity index (χ2n) is 8.60. The quantitative estimate of drug-likeness (QED) is 0.714. The molecule has 2 N–H and O–H groups in total. The van der Waals surface area contributed by atoms with Crippen molar-refractivity contribution in [1.82, 2.24) is 4.72 Å². The van der Waals surface area contributed by atoms with Crippen molar-refractivity contribution in [2.45, 2.75) is 38.7 Å². The van der Waals surface area contributed by atoms with Crippen LogP contribution in [-0.2, 0) is 20.4 Å². The van der Waals surface area contributed by atoms with Gasteiger partial charge in [-0.3, -0.25) is 4.79 Å². The van der Waals surface area contributed by atoms with Crippen LogP contribution in [0.2, 0.25) is 0 Å². The second kappa shape index (κ2) is 6.52. The van der Waals surface area contributed by atoms with E-state index >= 15 is 0 Å². The molecule has 2 aliphatic rings. The first kappa shape index (κ1) is 19.8. The van der Waals surface area contributed by atoms with Gasteiger partial charge in [0.15, 0.2) is 0 Å². The molecule has 2 aromatic rings. The number of sulfonamides is 1. The Morgan fingerprint density at radius 3 is 2.71 bits per heavy atom. The molecule has 2 bridgehead atoms. The highest BCUT2D eigenvalue weighted by molar-refractivity contribution is 7.89. The average Bonchev–Trinajstić information content (AvgIpc) is 3.39. The van der Waals surface area contributed by atoms with Gasteiger partial charge < -0.3 is 9.52 Å². The maximum atomic E-state index is 13.0. The molecule has 4 rings (SSSR count). The number of fused-ring (bicyclic) bond motifs is 2. The number of aliphatic hydroxyl groups is 1. The fraction of sp³-hybridized carbons (Fsp3) is 0.550. The van der Waals surface area contributed by atoms with Crippen molar-refractivity contribution in [1.29, 1.82) is 0 Å². The fourth-order valence-corrected chi connectivity index (χ4v) is 7.75. The zero-order chi connectivity index (χ0) is 20.2. The minimum absolute atomic E-state index is 0.0579. The molecule has 2 aliphatic carbocycles. The molecule has 8 heteroatoms. The van der Waals surface area contributed by atoms with Gasteiger partial charge in [0.05, 0.1) is 18.3 Å². The molecule has 28 heavy (non-hydrogen) atoms. The maximum absolute atomic E-state index is 13.0. The van der Waals surface area contributed by atoms with Crippen molar-refractivity contribution in [2.24, 2.45) is 16.7 Å². The Morgan fingerprint density at radius 1 is 1.39 bits per heavy atom. The third-order valence-corrected chi connectivity index (χ3v) is 9.53. The van der Waals surface area contributed by atoms with E-state index in [0.29, 0.717) is 23.3 Å². The van der Waals surface area contributed by atoms with E-state index in [4.69, 9.17) is 4.42 Å². The highest BCUT2D eigenvalue weighted by Crippen LogP contribution is 2.64. The topological polar surface area (TPSA) is 96.6 Å². The Bertz CT molecular complexity index is 928. The van der Waals surface area contributed by atoms with Gasteiger partial charge in [0.1, 0.15) is 11.4 Å². The van der Waals surface area contributed by atoms with E-state index in [0.717, 1.165) is 6.42 Å². The molecule has 0 spiro atoms. The smallest absolute Gasteiger partial charge is 0.212 e. The highest BCUT2D eigenvalue weighted by atomic mass is 32.2. The lowest BCUT2D eigenvalue weighted by Crippen LogP contribution is -2.48. The van der Waals surface area contributed by atoms with Crippen LogP contribution in [0.1, 0.15) is 43.6 Å². The predicted octanol–water partition coefficient (Wildman–Crippen LogP) is 2.89. The lowest BCUT2D eigenvalue weighted by Gasteiger charge is -2.36.